The number of fused-ring (bicyclic) bond motifs is 1. The third kappa shape index (κ3) is 2.58. The number of imidazole rings is 2. The summed E-state index contributed by atoms with van der Waals surface area (Å²) in [7, 11) is 0. The Kier molecular flexibility index (Phi) is 3.82. The third-order valence-corrected chi connectivity index (χ3v) is 4.17. The maximum atomic E-state index is 4.34. The van der Waals surface area contributed by atoms with Crippen LogP contribution < -0.4 is 0 Å². The second kappa shape index (κ2) is 6.27. The van der Waals surface area contributed by atoms with Crippen LogP contribution in [0.4, 0.5) is 0 Å². The van der Waals surface area contributed by atoms with Crippen molar-refractivity contribution >= 4 is 11.0 Å². The summed E-state index contributed by atoms with van der Waals surface area (Å²) in [4.78, 5) is 8.35. The standard InChI is InChI=1S/C17H19N7/c1-2-3-8-24-16-5-4-14(11-15(16)20-21-24)17(22-9-6-18-12-22)23-10-7-19-13-23/h4-7,9-13,17H,2-3,8H2,1H3. The van der Waals surface area contributed by atoms with E-state index in [1.165, 1.54) is 0 Å². The molecule has 0 fully saturated rings. The second-order valence-corrected chi connectivity index (χ2v) is 5.81. The molecule has 0 saturated carbocycles. The lowest BCUT2D eigenvalue weighted by atomic mass is 10.1. The van der Waals surface area contributed by atoms with Crippen molar-refractivity contribution in [2.45, 2.75) is 32.5 Å². The van der Waals surface area contributed by atoms with Gasteiger partial charge in [0.1, 0.15) is 11.7 Å². The van der Waals surface area contributed by atoms with E-state index in [9.17, 15) is 0 Å². The van der Waals surface area contributed by atoms with E-state index in [2.05, 4.69) is 45.4 Å². The van der Waals surface area contributed by atoms with Crippen molar-refractivity contribution in [2.75, 3.05) is 0 Å². The molecule has 4 aromatic rings. The number of benzene rings is 1. The summed E-state index contributed by atoms with van der Waals surface area (Å²) in [6.45, 7) is 3.08. The van der Waals surface area contributed by atoms with Gasteiger partial charge in [-0.05, 0) is 24.1 Å². The minimum atomic E-state index is -0.0415. The van der Waals surface area contributed by atoms with E-state index in [0.717, 1.165) is 36.0 Å². The molecular formula is C17H19N7. The topological polar surface area (TPSA) is 66.3 Å². The quantitative estimate of drug-likeness (QED) is 0.548. The maximum absolute atomic E-state index is 4.34. The largest absolute Gasteiger partial charge is 0.312 e. The summed E-state index contributed by atoms with van der Waals surface area (Å²) in [6, 6.07) is 6.31. The molecule has 0 aliphatic rings. The molecule has 0 aliphatic carbocycles. The minimum absolute atomic E-state index is 0.0415. The van der Waals surface area contributed by atoms with Gasteiger partial charge in [0.05, 0.1) is 18.2 Å². The summed E-state index contributed by atoms with van der Waals surface area (Å²) in [6.07, 6.45) is 13.3. The molecule has 7 nitrogen and oxygen atoms in total. The van der Waals surface area contributed by atoms with Crippen molar-refractivity contribution in [3.8, 4) is 0 Å². The fourth-order valence-electron chi connectivity index (χ4n) is 2.95. The maximum Gasteiger partial charge on any atom is 0.137 e. The van der Waals surface area contributed by atoms with Crippen LogP contribution in [-0.2, 0) is 6.54 Å². The number of hydrogen-bond donors (Lipinski definition) is 0. The zero-order chi connectivity index (χ0) is 16.4. The second-order valence-electron chi connectivity index (χ2n) is 5.81. The number of hydrogen-bond acceptors (Lipinski definition) is 4. The van der Waals surface area contributed by atoms with Crippen molar-refractivity contribution in [2.24, 2.45) is 0 Å². The summed E-state index contributed by atoms with van der Waals surface area (Å²) in [5.41, 5.74) is 3.09. The first-order valence-electron chi connectivity index (χ1n) is 8.15. The van der Waals surface area contributed by atoms with Gasteiger partial charge in [-0.3, -0.25) is 0 Å². The van der Waals surface area contributed by atoms with Gasteiger partial charge in [-0.25, -0.2) is 14.6 Å². The van der Waals surface area contributed by atoms with E-state index in [4.69, 9.17) is 0 Å². The Bertz CT molecular complexity index is 872. The van der Waals surface area contributed by atoms with Crippen LogP contribution in [-0.4, -0.2) is 34.1 Å². The van der Waals surface area contributed by atoms with Crippen molar-refractivity contribution in [3.05, 3.63) is 61.2 Å². The molecule has 122 valence electrons. The predicted octanol–water partition coefficient (Wildman–Crippen LogP) is 2.72. The highest BCUT2D eigenvalue weighted by Crippen LogP contribution is 2.24. The molecule has 0 atom stereocenters. The van der Waals surface area contributed by atoms with Gasteiger partial charge < -0.3 is 9.13 Å². The lowest BCUT2D eigenvalue weighted by Crippen LogP contribution is -2.17. The monoisotopic (exact) mass is 321 g/mol. The van der Waals surface area contributed by atoms with E-state index in [1.807, 2.05) is 38.9 Å². The van der Waals surface area contributed by atoms with Crippen LogP contribution in [0, 0.1) is 0 Å². The van der Waals surface area contributed by atoms with Gasteiger partial charge in [-0.2, -0.15) is 0 Å². The van der Waals surface area contributed by atoms with Crippen LogP contribution in [0.3, 0.4) is 0 Å². The molecule has 7 heteroatoms. The van der Waals surface area contributed by atoms with E-state index in [1.54, 1.807) is 12.4 Å². The van der Waals surface area contributed by atoms with Crippen LogP contribution in [0.2, 0.25) is 0 Å². The average molecular weight is 321 g/mol. The van der Waals surface area contributed by atoms with Crippen molar-refractivity contribution < 1.29 is 0 Å². The fourth-order valence-corrected chi connectivity index (χ4v) is 2.95. The van der Waals surface area contributed by atoms with Gasteiger partial charge in [0.2, 0.25) is 0 Å². The Hall–Kier alpha value is -2.96. The van der Waals surface area contributed by atoms with Gasteiger partial charge in [0.15, 0.2) is 0 Å². The molecule has 0 amide bonds. The minimum Gasteiger partial charge on any atom is -0.312 e. The summed E-state index contributed by atoms with van der Waals surface area (Å²) >= 11 is 0. The summed E-state index contributed by atoms with van der Waals surface area (Å²) in [5, 5.41) is 8.63. The number of nitrogens with zero attached hydrogens (tertiary/aromatic N) is 7. The van der Waals surface area contributed by atoms with Crippen molar-refractivity contribution in [1.29, 1.82) is 0 Å². The normalized spacial score (nSPS) is 11.6. The van der Waals surface area contributed by atoms with E-state index < -0.39 is 0 Å². The Morgan fingerprint density at radius 2 is 1.79 bits per heavy atom. The lowest BCUT2D eigenvalue weighted by molar-refractivity contribution is 0.502. The Morgan fingerprint density at radius 3 is 2.42 bits per heavy atom. The molecule has 0 unspecified atom stereocenters. The fraction of sp³-hybridized carbons (Fsp3) is 0.294. The smallest absolute Gasteiger partial charge is 0.137 e. The molecule has 0 bridgehead atoms. The molecule has 0 aliphatic heterocycles. The lowest BCUT2D eigenvalue weighted by Gasteiger charge is -2.20. The Morgan fingerprint density at radius 1 is 1.04 bits per heavy atom. The molecule has 3 aromatic heterocycles. The van der Waals surface area contributed by atoms with Gasteiger partial charge in [0.25, 0.3) is 0 Å². The summed E-state index contributed by atoms with van der Waals surface area (Å²) < 4.78 is 6.07. The number of aromatic nitrogens is 7. The molecule has 0 radical (unpaired) electrons. The molecule has 0 saturated heterocycles. The van der Waals surface area contributed by atoms with Crippen molar-refractivity contribution in [3.63, 3.8) is 0 Å². The zero-order valence-electron chi connectivity index (χ0n) is 13.5. The molecule has 0 N–H and O–H groups in total. The first-order valence-corrected chi connectivity index (χ1v) is 8.15. The first-order chi connectivity index (χ1) is 11.9. The predicted molar refractivity (Wildman–Crippen MR) is 90.4 cm³/mol. The van der Waals surface area contributed by atoms with Crippen LogP contribution in [0.1, 0.15) is 31.5 Å². The highest BCUT2D eigenvalue weighted by atomic mass is 15.4. The number of aryl methyl sites for hydroxylation is 1. The number of unbranched alkanes of at least 4 members (excludes halogenated alkanes) is 1. The SMILES string of the molecule is CCCCn1nnc2cc(C(n3ccnc3)n3ccnc3)ccc21. The Labute approximate surface area is 139 Å². The highest BCUT2D eigenvalue weighted by Gasteiger charge is 2.16. The van der Waals surface area contributed by atoms with Gasteiger partial charge >= 0.3 is 0 Å². The molecule has 3 heterocycles. The molecule has 24 heavy (non-hydrogen) atoms. The first kappa shape index (κ1) is 14.6. The molecule has 4 rings (SSSR count). The summed E-state index contributed by atoms with van der Waals surface area (Å²) in [5.74, 6) is 0. The van der Waals surface area contributed by atoms with Crippen LogP contribution in [0.5, 0.6) is 0 Å². The van der Waals surface area contributed by atoms with Gasteiger partial charge in [-0.15, -0.1) is 5.10 Å². The number of rotatable bonds is 6. The van der Waals surface area contributed by atoms with E-state index in [-0.39, 0.29) is 6.17 Å². The van der Waals surface area contributed by atoms with Crippen LogP contribution >= 0.6 is 0 Å². The average Bonchev–Trinajstić information content (AvgIpc) is 3.36. The molecule has 0 spiro atoms. The van der Waals surface area contributed by atoms with E-state index >= 15 is 0 Å². The van der Waals surface area contributed by atoms with Gasteiger partial charge in [0, 0.05) is 31.3 Å². The highest BCUT2D eigenvalue weighted by molar-refractivity contribution is 5.75. The zero-order valence-corrected chi connectivity index (χ0v) is 13.5. The van der Waals surface area contributed by atoms with Gasteiger partial charge in [-0.1, -0.05) is 24.6 Å². The molecular weight excluding hydrogens is 302 g/mol. The van der Waals surface area contributed by atoms with Crippen LogP contribution in [0.15, 0.2) is 55.6 Å². The molecule has 1 aromatic carbocycles. The van der Waals surface area contributed by atoms with Crippen LogP contribution in [0.25, 0.3) is 11.0 Å². The van der Waals surface area contributed by atoms with E-state index in [0.29, 0.717) is 0 Å². The van der Waals surface area contributed by atoms with Crippen molar-refractivity contribution in [1.82, 2.24) is 34.1 Å². The Balaban J connectivity index is 1.76. The third-order valence-electron chi connectivity index (χ3n) is 4.17.